The number of ether oxygens (including phenoxy) is 1. The van der Waals surface area contributed by atoms with Crippen molar-refractivity contribution < 1.29 is 9.84 Å². The molecule has 0 fully saturated rings. The molecule has 8 atom stereocenters. The third kappa shape index (κ3) is 3.89. The van der Waals surface area contributed by atoms with Gasteiger partial charge in [0.1, 0.15) is 5.84 Å². The minimum absolute atomic E-state index is 0.0414. The van der Waals surface area contributed by atoms with Crippen molar-refractivity contribution in [3.05, 3.63) is 59.3 Å². The summed E-state index contributed by atoms with van der Waals surface area (Å²) in [6, 6.07) is 0.235. The molecule has 2 N–H and O–H groups in total. The molecule has 6 aliphatic rings. The van der Waals surface area contributed by atoms with E-state index in [-0.39, 0.29) is 18.2 Å². The minimum atomic E-state index is -0.463. The van der Waals surface area contributed by atoms with Crippen molar-refractivity contribution in [2.75, 3.05) is 7.11 Å². The largest absolute Gasteiger partial charge is 0.388 e. The molecule has 1 heterocycles. The van der Waals surface area contributed by atoms with Crippen molar-refractivity contribution in [2.45, 2.75) is 76.2 Å². The number of amidine groups is 1. The number of hydrogen-bond acceptors (Lipinski definition) is 4. The van der Waals surface area contributed by atoms with Gasteiger partial charge in [0, 0.05) is 25.4 Å². The van der Waals surface area contributed by atoms with Crippen LogP contribution in [0.3, 0.4) is 0 Å². The Labute approximate surface area is 198 Å². The van der Waals surface area contributed by atoms with Crippen LogP contribution in [0.4, 0.5) is 0 Å². The summed E-state index contributed by atoms with van der Waals surface area (Å²) >= 11 is 0. The van der Waals surface area contributed by atoms with Crippen LogP contribution >= 0.6 is 0 Å². The number of fused-ring (bicyclic) bond motifs is 4. The number of allylic oxidation sites excluding steroid dienone is 8. The zero-order valence-corrected chi connectivity index (χ0v) is 19.8. The molecular formula is C29H38N2O2. The summed E-state index contributed by atoms with van der Waals surface area (Å²) in [5, 5.41) is 14.5. The molecule has 0 bridgehead atoms. The molecule has 5 aliphatic carbocycles. The molecule has 0 aromatic carbocycles. The van der Waals surface area contributed by atoms with E-state index in [2.05, 4.69) is 41.8 Å². The van der Waals surface area contributed by atoms with Gasteiger partial charge in [-0.2, -0.15) is 0 Å². The Morgan fingerprint density at radius 2 is 1.85 bits per heavy atom. The summed E-state index contributed by atoms with van der Waals surface area (Å²) in [4.78, 5) is 4.90. The lowest BCUT2D eigenvalue weighted by molar-refractivity contribution is 0.0851. The summed E-state index contributed by atoms with van der Waals surface area (Å²) in [6.45, 7) is 0. The average Bonchev–Trinajstić information content (AvgIpc) is 2.88. The lowest BCUT2D eigenvalue weighted by Gasteiger charge is -2.49. The third-order valence-electron chi connectivity index (χ3n) is 9.14. The molecule has 0 amide bonds. The summed E-state index contributed by atoms with van der Waals surface area (Å²) in [5.41, 5.74) is 4.90. The van der Waals surface area contributed by atoms with E-state index < -0.39 is 6.10 Å². The molecule has 4 heteroatoms. The Morgan fingerprint density at radius 3 is 2.70 bits per heavy atom. The number of rotatable bonds is 3. The topological polar surface area (TPSA) is 53.8 Å². The second-order valence-corrected chi connectivity index (χ2v) is 10.8. The fraction of sp³-hybridized carbons (Fsp3) is 0.621. The molecule has 0 saturated carbocycles. The minimum Gasteiger partial charge on any atom is -0.388 e. The predicted octanol–water partition coefficient (Wildman–Crippen LogP) is 5.24. The first-order valence-electron chi connectivity index (χ1n) is 13.2. The maximum absolute atomic E-state index is 10.7. The van der Waals surface area contributed by atoms with E-state index in [1.165, 1.54) is 38.5 Å². The molecule has 0 spiro atoms. The fourth-order valence-electron chi connectivity index (χ4n) is 7.50. The van der Waals surface area contributed by atoms with E-state index in [4.69, 9.17) is 9.73 Å². The summed E-state index contributed by atoms with van der Waals surface area (Å²) in [6.07, 6.45) is 26.2. The Kier molecular flexibility index (Phi) is 5.92. The number of aliphatic imine (C=N–C) groups is 1. The van der Waals surface area contributed by atoms with Gasteiger partial charge in [0.05, 0.1) is 12.1 Å². The van der Waals surface area contributed by atoms with Gasteiger partial charge in [0.15, 0.2) is 6.23 Å². The van der Waals surface area contributed by atoms with Gasteiger partial charge in [0.25, 0.3) is 0 Å². The van der Waals surface area contributed by atoms with Crippen LogP contribution in [-0.2, 0) is 4.74 Å². The molecule has 33 heavy (non-hydrogen) atoms. The Hall–Kier alpha value is -1.91. The predicted molar refractivity (Wildman–Crippen MR) is 133 cm³/mol. The number of aliphatic hydroxyl groups excluding tert-OH is 1. The zero-order valence-electron chi connectivity index (χ0n) is 19.8. The van der Waals surface area contributed by atoms with Crippen LogP contribution in [0, 0.1) is 29.6 Å². The number of aliphatic hydroxyl groups is 1. The van der Waals surface area contributed by atoms with Crippen molar-refractivity contribution in [1.29, 1.82) is 0 Å². The number of nitrogens with zero attached hydrogens (tertiary/aromatic N) is 1. The van der Waals surface area contributed by atoms with Gasteiger partial charge in [-0.3, -0.25) is 0 Å². The lowest BCUT2D eigenvalue weighted by Crippen LogP contribution is -2.52. The molecule has 0 radical (unpaired) electrons. The first-order chi connectivity index (χ1) is 16.2. The normalized spacial score (nSPS) is 42.0. The molecule has 8 unspecified atom stereocenters. The van der Waals surface area contributed by atoms with Crippen LogP contribution in [0.15, 0.2) is 64.2 Å². The number of nitrogens with one attached hydrogen (secondary N) is 1. The third-order valence-corrected chi connectivity index (χ3v) is 9.14. The van der Waals surface area contributed by atoms with Crippen LogP contribution in [0.25, 0.3) is 0 Å². The van der Waals surface area contributed by atoms with Crippen LogP contribution in [0.2, 0.25) is 0 Å². The Bertz CT molecular complexity index is 955. The van der Waals surface area contributed by atoms with E-state index in [1.807, 2.05) is 6.08 Å². The van der Waals surface area contributed by atoms with E-state index >= 15 is 0 Å². The van der Waals surface area contributed by atoms with Crippen molar-refractivity contribution in [1.82, 2.24) is 5.32 Å². The maximum atomic E-state index is 10.7. The summed E-state index contributed by atoms with van der Waals surface area (Å²) < 4.78 is 5.81. The van der Waals surface area contributed by atoms with E-state index in [9.17, 15) is 5.11 Å². The molecule has 4 nitrogen and oxygen atoms in total. The van der Waals surface area contributed by atoms with E-state index in [0.29, 0.717) is 17.8 Å². The average molecular weight is 447 g/mol. The highest BCUT2D eigenvalue weighted by atomic mass is 16.5. The highest BCUT2D eigenvalue weighted by molar-refractivity contribution is 5.87. The molecule has 0 aromatic rings. The van der Waals surface area contributed by atoms with Gasteiger partial charge in [-0.15, -0.1) is 0 Å². The van der Waals surface area contributed by atoms with Crippen LogP contribution < -0.4 is 5.32 Å². The first kappa shape index (κ1) is 21.6. The van der Waals surface area contributed by atoms with Crippen molar-refractivity contribution in [2.24, 2.45) is 34.6 Å². The smallest absolute Gasteiger partial charge is 0.152 e. The first-order valence-corrected chi connectivity index (χ1v) is 13.2. The molecule has 0 saturated heterocycles. The summed E-state index contributed by atoms with van der Waals surface area (Å²) in [5.74, 6) is 3.51. The van der Waals surface area contributed by atoms with Gasteiger partial charge in [-0.05, 0) is 80.3 Å². The quantitative estimate of drug-likeness (QED) is 0.583. The van der Waals surface area contributed by atoms with E-state index in [0.717, 1.165) is 31.0 Å². The number of methoxy groups -OCH3 is 1. The van der Waals surface area contributed by atoms with Crippen LogP contribution in [-0.4, -0.2) is 36.4 Å². The standard InChI is InChI=1S/C29H38N2O2/c1-33-28-17-26(30-29(31-28)23-12-6-7-13-27(23)32)25-16-24-19-9-3-2-8-18(19)14-15-22(24)20-10-4-5-11-21(20)25/h3-4,7,9-10,13,16,20-24,26-28,32H,2,5-6,8,11-12,14-15,17H2,1H3,(H,30,31). The molecule has 176 valence electrons. The van der Waals surface area contributed by atoms with Gasteiger partial charge < -0.3 is 15.2 Å². The lowest BCUT2D eigenvalue weighted by atomic mass is 9.57. The Balaban J connectivity index is 1.36. The van der Waals surface area contributed by atoms with Gasteiger partial charge in [-0.25, -0.2) is 4.99 Å². The fourth-order valence-corrected chi connectivity index (χ4v) is 7.50. The van der Waals surface area contributed by atoms with Gasteiger partial charge in [0.2, 0.25) is 0 Å². The van der Waals surface area contributed by atoms with Crippen molar-refractivity contribution in [3.8, 4) is 0 Å². The molecule has 6 rings (SSSR count). The van der Waals surface area contributed by atoms with E-state index in [1.54, 1.807) is 23.8 Å². The zero-order chi connectivity index (χ0) is 22.4. The molecule has 0 aromatic heterocycles. The Morgan fingerprint density at radius 1 is 1.00 bits per heavy atom. The highest BCUT2D eigenvalue weighted by Gasteiger charge is 2.45. The second-order valence-electron chi connectivity index (χ2n) is 10.8. The van der Waals surface area contributed by atoms with Gasteiger partial charge in [-0.1, -0.05) is 48.1 Å². The summed E-state index contributed by atoms with van der Waals surface area (Å²) in [7, 11) is 1.77. The van der Waals surface area contributed by atoms with Crippen molar-refractivity contribution >= 4 is 5.84 Å². The SMILES string of the molecule is COC1CC(C2=CC3C4=C(CCC=C4)CCC3C3C=CCCC23)NC(C2CCC=CC2O)=N1. The molecular weight excluding hydrogens is 408 g/mol. The number of hydrogen-bond donors (Lipinski definition) is 2. The monoisotopic (exact) mass is 446 g/mol. The highest BCUT2D eigenvalue weighted by Crippen LogP contribution is 2.53. The van der Waals surface area contributed by atoms with Gasteiger partial charge >= 0.3 is 0 Å². The van der Waals surface area contributed by atoms with Crippen LogP contribution in [0.5, 0.6) is 0 Å². The van der Waals surface area contributed by atoms with Crippen molar-refractivity contribution in [3.63, 3.8) is 0 Å². The van der Waals surface area contributed by atoms with Crippen LogP contribution in [0.1, 0.15) is 57.8 Å². The second kappa shape index (κ2) is 9.03. The molecule has 1 aliphatic heterocycles. The maximum Gasteiger partial charge on any atom is 0.152 e.